The topological polar surface area (TPSA) is 37.3 Å². The number of allylic oxidation sites excluding steroid dienone is 3. The van der Waals surface area contributed by atoms with Crippen molar-refractivity contribution in [2.75, 3.05) is 0 Å². The minimum Gasteiger partial charge on any atom is -0.478 e. The largest absolute Gasteiger partial charge is 0.478 e. The van der Waals surface area contributed by atoms with E-state index < -0.39 is 11.8 Å². The number of rotatable bonds is 6. The van der Waals surface area contributed by atoms with Gasteiger partial charge in [-0.15, -0.1) is 0 Å². The van der Waals surface area contributed by atoms with Crippen LogP contribution in [-0.2, 0) is 4.79 Å². The highest BCUT2D eigenvalue weighted by Gasteiger charge is 2.28. The molecular weight excluding hydrogens is 466 g/mol. The van der Waals surface area contributed by atoms with Crippen molar-refractivity contribution >= 4 is 40.6 Å². The molecule has 0 fully saturated rings. The molecule has 0 aromatic heterocycles. The molecule has 3 aromatic carbocycles. The third-order valence-electron chi connectivity index (χ3n) is 6.33. The zero-order chi connectivity index (χ0) is 25.1. The average molecular weight is 491 g/mol. The molecule has 0 saturated heterocycles. The van der Waals surface area contributed by atoms with Gasteiger partial charge in [-0.2, -0.15) is 0 Å². The van der Waals surface area contributed by atoms with E-state index in [1.807, 2.05) is 37.3 Å². The summed E-state index contributed by atoms with van der Waals surface area (Å²) in [4.78, 5) is 10.9. The molecule has 0 saturated carbocycles. The van der Waals surface area contributed by atoms with Gasteiger partial charge >= 0.3 is 5.97 Å². The van der Waals surface area contributed by atoms with Crippen LogP contribution >= 0.6 is 11.6 Å². The van der Waals surface area contributed by atoms with Gasteiger partial charge in [-0.3, -0.25) is 0 Å². The van der Waals surface area contributed by atoms with Gasteiger partial charge in [-0.25, -0.2) is 13.6 Å². The van der Waals surface area contributed by atoms with Crippen molar-refractivity contribution < 1.29 is 18.7 Å². The van der Waals surface area contributed by atoms with E-state index in [0.29, 0.717) is 35.1 Å². The number of hydrogen-bond donors (Lipinski definition) is 1. The minimum atomic E-state index is -1.03. The van der Waals surface area contributed by atoms with Gasteiger partial charge in [0.15, 0.2) is 0 Å². The molecule has 4 rings (SSSR count). The maximum Gasteiger partial charge on any atom is 0.328 e. The normalized spacial score (nSPS) is 16.3. The first kappa shape index (κ1) is 24.6. The monoisotopic (exact) mass is 490 g/mol. The fourth-order valence-corrected chi connectivity index (χ4v) is 4.98. The molecule has 178 valence electrons. The summed E-state index contributed by atoms with van der Waals surface area (Å²) in [7, 11) is 0. The van der Waals surface area contributed by atoms with E-state index in [1.165, 1.54) is 18.2 Å². The molecule has 35 heavy (non-hydrogen) atoms. The molecule has 1 aliphatic rings. The highest BCUT2D eigenvalue weighted by molar-refractivity contribution is 6.32. The van der Waals surface area contributed by atoms with Crippen LogP contribution in [0.1, 0.15) is 60.4 Å². The molecule has 3 aromatic rings. The van der Waals surface area contributed by atoms with Gasteiger partial charge in [0, 0.05) is 11.6 Å². The molecule has 1 aliphatic carbocycles. The van der Waals surface area contributed by atoms with Crippen molar-refractivity contribution in [2.45, 2.75) is 32.6 Å². The molecule has 1 N–H and O–H groups in total. The Morgan fingerprint density at radius 2 is 1.80 bits per heavy atom. The Morgan fingerprint density at radius 3 is 2.46 bits per heavy atom. The second-order valence-corrected chi connectivity index (χ2v) is 9.02. The highest BCUT2D eigenvalue weighted by atomic mass is 35.5. The van der Waals surface area contributed by atoms with E-state index >= 15 is 4.39 Å². The fourth-order valence-electron chi connectivity index (χ4n) is 4.70. The van der Waals surface area contributed by atoms with E-state index in [2.05, 4.69) is 6.92 Å². The van der Waals surface area contributed by atoms with E-state index in [4.69, 9.17) is 16.7 Å². The predicted octanol–water partition coefficient (Wildman–Crippen LogP) is 8.79. The van der Waals surface area contributed by atoms with Crippen LogP contribution in [0.3, 0.4) is 0 Å². The van der Waals surface area contributed by atoms with Crippen LogP contribution in [-0.4, -0.2) is 11.1 Å². The second kappa shape index (κ2) is 10.4. The molecule has 2 nitrogen and oxygen atoms in total. The standard InChI is InChI=1S/C30H25ClF2O2/c1-3-22(24-14-13-21(32)17-27(24)31)29(20-11-8-19(9-12-20)10-15-28(34)35)26-16-18(2)23-6-4-5-7-25(23)30(26)33/h4-15,17-18H,3,16H2,1-2H3,(H,34,35)/b15-10+,29-22+. The number of hydrogen-bond acceptors (Lipinski definition) is 1. The zero-order valence-corrected chi connectivity index (χ0v) is 20.2. The summed E-state index contributed by atoms with van der Waals surface area (Å²) in [6.07, 6.45) is 3.63. The lowest BCUT2D eigenvalue weighted by Crippen LogP contribution is -2.10. The third kappa shape index (κ3) is 5.13. The van der Waals surface area contributed by atoms with Crippen molar-refractivity contribution in [3.8, 4) is 0 Å². The quantitative estimate of drug-likeness (QED) is 0.277. The average Bonchev–Trinajstić information content (AvgIpc) is 2.85. The van der Waals surface area contributed by atoms with E-state index in [9.17, 15) is 9.18 Å². The Labute approximate surface area is 208 Å². The first-order chi connectivity index (χ1) is 16.8. The van der Waals surface area contributed by atoms with Crippen molar-refractivity contribution in [1.82, 2.24) is 0 Å². The molecule has 0 aliphatic heterocycles. The summed E-state index contributed by atoms with van der Waals surface area (Å²) in [6.45, 7) is 4.05. The van der Waals surface area contributed by atoms with Crippen molar-refractivity contribution in [2.24, 2.45) is 0 Å². The van der Waals surface area contributed by atoms with E-state index in [-0.39, 0.29) is 16.8 Å². The molecule has 5 heteroatoms. The number of benzene rings is 3. The van der Waals surface area contributed by atoms with Gasteiger partial charge in [-0.05, 0) is 75.9 Å². The summed E-state index contributed by atoms with van der Waals surface area (Å²) < 4.78 is 29.9. The van der Waals surface area contributed by atoms with Gasteiger partial charge in [-0.1, -0.05) is 80.0 Å². The zero-order valence-electron chi connectivity index (χ0n) is 19.5. The number of aliphatic carboxylic acids is 1. The van der Waals surface area contributed by atoms with Crippen molar-refractivity contribution in [1.29, 1.82) is 0 Å². The van der Waals surface area contributed by atoms with Gasteiger partial charge in [0.1, 0.15) is 11.6 Å². The molecule has 0 heterocycles. The second-order valence-electron chi connectivity index (χ2n) is 8.61. The predicted molar refractivity (Wildman–Crippen MR) is 139 cm³/mol. The van der Waals surface area contributed by atoms with Crippen LogP contribution in [0.2, 0.25) is 5.02 Å². The number of carbonyl (C=O) groups is 1. The maximum absolute atomic E-state index is 16.1. The molecular formula is C30H25ClF2O2. The van der Waals surface area contributed by atoms with Gasteiger partial charge < -0.3 is 5.11 Å². The lowest BCUT2D eigenvalue weighted by molar-refractivity contribution is -0.131. The molecule has 0 radical (unpaired) electrons. The lowest BCUT2D eigenvalue weighted by atomic mass is 9.77. The van der Waals surface area contributed by atoms with Crippen LogP contribution in [0.5, 0.6) is 0 Å². The molecule has 0 spiro atoms. The smallest absolute Gasteiger partial charge is 0.328 e. The molecule has 1 unspecified atom stereocenters. The van der Waals surface area contributed by atoms with Gasteiger partial charge in [0.2, 0.25) is 0 Å². The van der Waals surface area contributed by atoms with Crippen LogP contribution < -0.4 is 0 Å². The number of carboxylic acids is 1. The minimum absolute atomic E-state index is 0.107. The summed E-state index contributed by atoms with van der Waals surface area (Å²) in [5.41, 5.74) is 5.85. The Hall–Kier alpha value is -3.50. The first-order valence-corrected chi connectivity index (χ1v) is 11.9. The van der Waals surface area contributed by atoms with Crippen LogP contribution in [0.25, 0.3) is 23.0 Å². The van der Waals surface area contributed by atoms with Crippen LogP contribution in [0.4, 0.5) is 8.78 Å². The summed E-state index contributed by atoms with van der Waals surface area (Å²) in [5, 5.41) is 9.19. The van der Waals surface area contributed by atoms with E-state index in [0.717, 1.165) is 28.3 Å². The fraction of sp³-hybridized carbons (Fsp3) is 0.167. The first-order valence-electron chi connectivity index (χ1n) is 11.5. The third-order valence-corrected chi connectivity index (χ3v) is 6.65. The Kier molecular flexibility index (Phi) is 7.32. The number of fused-ring (bicyclic) bond motifs is 1. The Morgan fingerprint density at radius 1 is 1.09 bits per heavy atom. The van der Waals surface area contributed by atoms with Crippen LogP contribution in [0, 0.1) is 5.82 Å². The van der Waals surface area contributed by atoms with Crippen molar-refractivity contribution in [3.05, 3.63) is 117 Å². The molecule has 0 bridgehead atoms. The summed E-state index contributed by atoms with van der Waals surface area (Å²) in [6, 6.07) is 19.1. The number of carboxylic acid groups (broad SMARTS) is 1. The summed E-state index contributed by atoms with van der Waals surface area (Å²) in [5.74, 6) is -1.63. The van der Waals surface area contributed by atoms with Gasteiger partial charge in [0.25, 0.3) is 0 Å². The molecule has 0 amide bonds. The van der Waals surface area contributed by atoms with Crippen molar-refractivity contribution in [3.63, 3.8) is 0 Å². The maximum atomic E-state index is 16.1. The SMILES string of the molecule is CC/C(=C(\C1=C(F)c2ccccc2C(C)C1)c1ccc(/C=C/C(=O)O)cc1)c1ccc(F)cc1Cl. The van der Waals surface area contributed by atoms with Gasteiger partial charge in [0.05, 0.1) is 5.02 Å². The van der Waals surface area contributed by atoms with Crippen LogP contribution in [0.15, 0.2) is 78.4 Å². The van der Waals surface area contributed by atoms with E-state index in [1.54, 1.807) is 24.3 Å². The molecule has 1 atom stereocenters. The summed E-state index contributed by atoms with van der Waals surface area (Å²) >= 11 is 6.47. The Balaban J connectivity index is 1.98. The number of halogens is 3. The highest BCUT2D eigenvalue weighted by Crippen LogP contribution is 2.47. The Bertz CT molecular complexity index is 1370. The lowest BCUT2D eigenvalue weighted by Gasteiger charge is -2.28.